The summed E-state index contributed by atoms with van der Waals surface area (Å²) >= 11 is 0. The molecule has 0 saturated carbocycles. The van der Waals surface area contributed by atoms with Crippen molar-refractivity contribution in [3.05, 3.63) is 103 Å². The van der Waals surface area contributed by atoms with E-state index < -0.39 is 34.5 Å². The number of benzene rings is 3. The summed E-state index contributed by atoms with van der Waals surface area (Å²) in [7, 11) is -4.09. The second-order valence-corrected chi connectivity index (χ2v) is 10.5. The van der Waals surface area contributed by atoms with Gasteiger partial charge in [-0.05, 0) is 48.0 Å². The lowest BCUT2D eigenvalue weighted by Gasteiger charge is -2.15. The second-order valence-electron chi connectivity index (χ2n) is 8.78. The van der Waals surface area contributed by atoms with Crippen molar-refractivity contribution in [3.8, 4) is 11.1 Å². The third-order valence-corrected chi connectivity index (χ3v) is 7.45. The Kier molecular flexibility index (Phi) is 7.53. The maximum absolute atomic E-state index is 12.6. The normalized spacial score (nSPS) is 12.1. The van der Waals surface area contributed by atoms with Gasteiger partial charge in [-0.1, -0.05) is 48.5 Å². The van der Waals surface area contributed by atoms with Gasteiger partial charge < -0.3 is 20.7 Å². The first-order chi connectivity index (χ1) is 19.3. The van der Waals surface area contributed by atoms with Crippen LogP contribution in [-0.4, -0.2) is 52.9 Å². The number of amides is 1. The maximum atomic E-state index is 12.6. The highest BCUT2D eigenvalue weighted by molar-refractivity contribution is 7.89. The highest BCUT2D eigenvalue weighted by Gasteiger charge is 2.26. The molecule has 5 aromatic rings. The van der Waals surface area contributed by atoms with Gasteiger partial charge in [0.1, 0.15) is 11.7 Å². The zero-order chi connectivity index (χ0) is 28.1. The largest absolute Gasteiger partial charge is 0.480 e. The quantitative estimate of drug-likeness (QED) is 0.174. The van der Waals surface area contributed by atoms with Gasteiger partial charge in [-0.3, -0.25) is 14.6 Å². The number of fused-ring (bicyclic) bond motifs is 1. The van der Waals surface area contributed by atoms with E-state index in [0.717, 1.165) is 27.8 Å². The van der Waals surface area contributed by atoms with Crippen molar-refractivity contribution in [2.75, 3.05) is 11.9 Å². The van der Waals surface area contributed by atoms with Crippen molar-refractivity contribution in [2.45, 2.75) is 10.9 Å². The van der Waals surface area contributed by atoms with Crippen molar-refractivity contribution in [2.24, 2.45) is 0 Å². The number of aromatic nitrogens is 3. The average Bonchev–Trinajstić information content (AvgIpc) is 3.38. The van der Waals surface area contributed by atoms with E-state index in [2.05, 4.69) is 30.3 Å². The van der Waals surface area contributed by atoms with E-state index in [-0.39, 0.29) is 10.6 Å². The van der Waals surface area contributed by atoms with Crippen molar-refractivity contribution in [3.63, 3.8) is 0 Å². The molecule has 5 rings (SSSR count). The van der Waals surface area contributed by atoms with Crippen molar-refractivity contribution in [1.82, 2.24) is 25.0 Å². The summed E-state index contributed by atoms with van der Waals surface area (Å²) < 4.78 is 27.1. The van der Waals surface area contributed by atoms with Gasteiger partial charge in [-0.2, -0.15) is 4.72 Å². The zero-order valence-corrected chi connectivity index (χ0v) is 21.7. The van der Waals surface area contributed by atoms with Crippen LogP contribution in [-0.2, 0) is 14.8 Å². The van der Waals surface area contributed by atoms with E-state index in [1.54, 1.807) is 12.1 Å². The molecule has 2 heterocycles. The van der Waals surface area contributed by atoms with Gasteiger partial charge in [0.15, 0.2) is 0 Å². The number of aliphatic carboxylic acids is 1. The number of carboxylic acid groups (broad SMARTS) is 1. The van der Waals surface area contributed by atoms with Crippen molar-refractivity contribution in [1.29, 1.82) is 0 Å². The standard InChI is InChI=1S/C28H24N6O5S/c35-26(30-17-25(27(36)37)34-40(38,39)21-9-2-1-3-10-21)24-14-13-19(16-29-24)18-7-6-8-20(15-18)31-28-32-22-11-4-5-12-23(22)33-28/h1-16,25,34H,17H2,(H,30,35)(H,36,37)(H2,31,32,33). The van der Waals surface area contributed by atoms with Crippen molar-refractivity contribution >= 4 is 44.6 Å². The van der Waals surface area contributed by atoms with E-state index >= 15 is 0 Å². The Morgan fingerprint density at radius 3 is 2.40 bits per heavy atom. The molecule has 202 valence electrons. The lowest BCUT2D eigenvalue weighted by molar-refractivity contribution is -0.138. The summed E-state index contributed by atoms with van der Waals surface area (Å²) in [4.78, 5) is 36.1. The minimum absolute atomic E-state index is 0.0513. The van der Waals surface area contributed by atoms with E-state index in [9.17, 15) is 23.1 Å². The van der Waals surface area contributed by atoms with Crippen LogP contribution < -0.4 is 15.4 Å². The number of carbonyl (C=O) groups excluding carboxylic acids is 1. The Balaban J connectivity index is 1.23. The molecule has 0 bridgehead atoms. The van der Waals surface area contributed by atoms with Gasteiger partial charge in [-0.15, -0.1) is 0 Å². The summed E-state index contributed by atoms with van der Waals surface area (Å²) in [5, 5.41) is 15.2. The molecular weight excluding hydrogens is 532 g/mol. The Hall–Kier alpha value is -5.07. The summed E-state index contributed by atoms with van der Waals surface area (Å²) in [6, 6.07) is 24.3. The minimum atomic E-state index is -4.09. The smallest absolute Gasteiger partial charge is 0.323 e. The SMILES string of the molecule is O=C(NCC(NS(=O)(=O)c1ccccc1)C(=O)O)c1ccc(-c2cccc(Nc3nc4ccccc4[nH]3)c2)cn1. The number of sulfonamides is 1. The molecule has 12 heteroatoms. The van der Waals surface area contributed by atoms with Crippen LogP contribution in [0.1, 0.15) is 10.5 Å². The fourth-order valence-corrected chi connectivity index (χ4v) is 5.15. The molecule has 0 spiro atoms. The molecular formula is C28H24N6O5S. The number of hydrogen-bond acceptors (Lipinski definition) is 7. The molecule has 1 unspecified atom stereocenters. The van der Waals surface area contributed by atoms with Crippen LogP contribution in [0.3, 0.4) is 0 Å². The maximum Gasteiger partial charge on any atom is 0.323 e. The van der Waals surface area contributed by atoms with E-state index in [1.807, 2.05) is 48.5 Å². The predicted octanol–water partition coefficient (Wildman–Crippen LogP) is 3.53. The number of aromatic amines is 1. The number of anilines is 2. The molecule has 0 aliphatic heterocycles. The number of para-hydroxylation sites is 2. The molecule has 0 radical (unpaired) electrons. The second kappa shape index (κ2) is 11.4. The summed E-state index contributed by atoms with van der Waals surface area (Å²) in [5.74, 6) is -1.47. The molecule has 11 nitrogen and oxygen atoms in total. The summed E-state index contributed by atoms with van der Waals surface area (Å²) in [5.41, 5.74) is 4.22. The van der Waals surface area contributed by atoms with Crippen LogP contribution >= 0.6 is 0 Å². The number of imidazole rings is 1. The average molecular weight is 557 g/mol. The molecule has 2 aromatic heterocycles. The Morgan fingerprint density at radius 1 is 0.900 bits per heavy atom. The van der Waals surface area contributed by atoms with Crippen LogP contribution in [0.15, 0.2) is 102 Å². The van der Waals surface area contributed by atoms with E-state index in [0.29, 0.717) is 5.95 Å². The number of carboxylic acids is 1. The molecule has 1 atom stereocenters. The number of rotatable bonds is 10. The van der Waals surface area contributed by atoms with E-state index in [4.69, 9.17) is 0 Å². The molecule has 5 N–H and O–H groups in total. The zero-order valence-electron chi connectivity index (χ0n) is 20.9. The Morgan fingerprint density at radius 2 is 1.68 bits per heavy atom. The minimum Gasteiger partial charge on any atom is -0.480 e. The topological polar surface area (TPSA) is 166 Å². The molecule has 1 amide bonds. The fraction of sp³-hybridized carbons (Fsp3) is 0.0714. The summed E-state index contributed by atoms with van der Waals surface area (Å²) in [6.45, 7) is -0.473. The third kappa shape index (κ3) is 6.14. The van der Waals surface area contributed by atoms with Crippen LogP contribution in [0.25, 0.3) is 22.2 Å². The first kappa shape index (κ1) is 26.5. The number of nitrogens with one attached hydrogen (secondary N) is 4. The van der Waals surface area contributed by atoms with Crippen LogP contribution in [0, 0.1) is 0 Å². The molecule has 0 saturated heterocycles. The number of H-pyrrole nitrogens is 1. The molecule has 0 aliphatic rings. The van der Waals surface area contributed by atoms with Crippen LogP contribution in [0.5, 0.6) is 0 Å². The number of nitrogens with zero attached hydrogens (tertiary/aromatic N) is 2. The first-order valence-electron chi connectivity index (χ1n) is 12.2. The lowest BCUT2D eigenvalue weighted by atomic mass is 10.1. The molecule has 0 fully saturated rings. The van der Waals surface area contributed by atoms with Gasteiger partial charge >= 0.3 is 5.97 Å². The number of hydrogen-bond donors (Lipinski definition) is 5. The fourth-order valence-electron chi connectivity index (χ4n) is 3.94. The molecule has 3 aromatic carbocycles. The van der Waals surface area contributed by atoms with Crippen molar-refractivity contribution < 1.29 is 23.1 Å². The number of pyridine rings is 1. The predicted molar refractivity (Wildman–Crippen MR) is 150 cm³/mol. The van der Waals surface area contributed by atoms with Gasteiger partial charge in [0.05, 0.1) is 15.9 Å². The van der Waals surface area contributed by atoms with E-state index in [1.165, 1.54) is 36.5 Å². The molecule has 40 heavy (non-hydrogen) atoms. The van der Waals surface area contributed by atoms with Gasteiger partial charge in [0, 0.05) is 24.0 Å². The van der Waals surface area contributed by atoms with Crippen LogP contribution in [0.4, 0.5) is 11.6 Å². The monoisotopic (exact) mass is 556 g/mol. The third-order valence-electron chi connectivity index (χ3n) is 5.96. The van der Waals surface area contributed by atoms with Gasteiger partial charge in [0.25, 0.3) is 5.91 Å². The highest BCUT2D eigenvalue weighted by atomic mass is 32.2. The van der Waals surface area contributed by atoms with Gasteiger partial charge in [0.2, 0.25) is 16.0 Å². The lowest BCUT2D eigenvalue weighted by Crippen LogP contribution is -2.48. The van der Waals surface area contributed by atoms with Crippen LogP contribution in [0.2, 0.25) is 0 Å². The Bertz CT molecular complexity index is 1740. The first-order valence-corrected chi connectivity index (χ1v) is 13.6. The number of carbonyl (C=O) groups is 2. The van der Waals surface area contributed by atoms with Gasteiger partial charge in [-0.25, -0.2) is 13.4 Å². The molecule has 0 aliphatic carbocycles. The summed E-state index contributed by atoms with van der Waals surface area (Å²) in [6.07, 6.45) is 1.53. The highest BCUT2D eigenvalue weighted by Crippen LogP contribution is 2.24. The Labute approximate surface area is 229 Å².